The predicted octanol–water partition coefficient (Wildman–Crippen LogP) is 3.13. The molecule has 2 aromatic heterocycles. The molecular weight excluding hydrogens is 255 g/mol. The standard InChI is InChI=1S/C13H12F3N3/c1-19(9-10-4-3-7-17-8-10)12-6-2-5-11(18-12)13(14,15)16/h2-8H,9H2,1H3. The van der Waals surface area contributed by atoms with Crippen molar-refractivity contribution in [3.8, 4) is 0 Å². The minimum Gasteiger partial charge on any atom is -0.355 e. The van der Waals surface area contributed by atoms with E-state index in [1.165, 1.54) is 6.07 Å². The summed E-state index contributed by atoms with van der Waals surface area (Å²) in [5.41, 5.74) is 0.0206. The molecule has 2 rings (SSSR count). The number of anilines is 1. The number of alkyl halides is 3. The van der Waals surface area contributed by atoms with Gasteiger partial charge < -0.3 is 4.90 Å². The number of nitrogens with zero attached hydrogens (tertiary/aromatic N) is 3. The van der Waals surface area contributed by atoms with Crippen LogP contribution in [0.15, 0.2) is 42.7 Å². The maximum absolute atomic E-state index is 12.6. The van der Waals surface area contributed by atoms with Crippen LogP contribution in [0.5, 0.6) is 0 Å². The minimum absolute atomic E-state index is 0.277. The summed E-state index contributed by atoms with van der Waals surface area (Å²) in [4.78, 5) is 9.23. The Bertz CT molecular complexity index is 540. The molecule has 0 aliphatic carbocycles. The van der Waals surface area contributed by atoms with Crippen LogP contribution in [0.1, 0.15) is 11.3 Å². The molecule has 0 aliphatic heterocycles. The maximum Gasteiger partial charge on any atom is 0.433 e. The van der Waals surface area contributed by atoms with Crippen molar-refractivity contribution in [2.24, 2.45) is 0 Å². The van der Waals surface area contributed by atoms with Gasteiger partial charge in [-0.15, -0.1) is 0 Å². The zero-order valence-corrected chi connectivity index (χ0v) is 10.2. The zero-order valence-electron chi connectivity index (χ0n) is 10.2. The van der Waals surface area contributed by atoms with E-state index in [4.69, 9.17) is 0 Å². The lowest BCUT2D eigenvalue weighted by atomic mass is 10.2. The first-order valence-corrected chi connectivity index (χ1v) is 5.61. The normalized spacial score (nSPS) is 11.4. The number of pyridine rings is 2. The van der Waals surface area contributed by atoms with Gasteiger partial charge in [0.15, 0.2) is 0 Å². The topological polar surface area (TPSA) is 29.0 Å². The smallest absolute Gasteiger partial charge is 0.355 e. The second-order valence-electron chi connectivity index (χ2n) is 4.10. The van der Waals surface area contributed by atoms with E-state index in [1.807, 2.05) is 6.07 Å². The Morgan fingerprint density at radius 2 is 1.95 bits per heavy atom. The Morgan fingerprint density at radius 1 is 1.16 bits per heavy atom. The fraction of sp³-hybridized carbons (Fsp3) is 0.231. The molecule has 100 valence electrons. The summed E-state index contributed by atoms with van der Waals surface area (Å²) >= 11 is 0. The van der Waals surface area contributed by atoms with Crippen molar-refractivity contribution < 1.29 is 13.2 Å². The molecule has 0 bridgehead atoms. The molecule has 0 saturated heterocycles. The second-order valence-corrected chi connectivity index (χ2v) is 4.10. The molecule has 0 spiro atoms. The first kappa shape index (κ1) is 13.3. The lowest BCUT2D eigenvalue weighted by Gasteiger charge is -2.19. The Labute approximate surface area is 108 Å². The van der Waals surface area contributed by atoms with Crippen LogP contribution in [0.25, 0.3) is 0 Å². The lowest BCUT2D eigenvalue weighted by molar-refractivity contribution is -0.141. The van der Waals surface area contributed by atoms with Crippen molar-refractivity contribution in [2.45, 2.75) is 12.7 Å². The van der Waals surface area contributed by atoms with Crippen molar-refractivity contribution in [3.05, 3.63) is 54.0 Å². The minimum atomic E-state index is -4.43. The quantitative estimate of drug-likeness (QED) is 0.855. The van der Waals surface area contributed by atoms with Crippen molar-refractivity contribution in [1.82, 2.24) is 9.97 Å². The zero-order chi connectivity index (χ0) is 13.9. The van der Waals surface area contributed by atoms with Crippen LogP contribution in [0.3, 0.4) is 0 Å². The van der Waals surface area contributed by atoms with E-state index in [9.17, 15) is 13.2 Å². The highest BCUT2D eigenvalue weighted by atomic mass is 19.4. The van der Waals surface area contributed by atoms with E-state index in [2.05, 4.69) is 9.97 Å². The second kappa shape index (κ2) is 5.26. The highest BCUT2D eigenvalue weighted by molar-refractivity contribution is 5.39. The highest BCUT2D eigenvalue weighted by Gasteiger charge is 2.32. The molecule has 0 atom stereocenters. The third kappa shape index (κ3) is 3.43. The lowest BCUT2D eigenvalue weighted by Crippen LogP contribution is -2.19. The molecule has 0 N–H and O–H groups in total. The van der Waals surface area contributed by atoms with Gasteiger partial charge in [-0.25, -0.2) is 4.98 Å². The molecule has 0 fully saturated rings. The van der Waals surface area contributed by atoms with Crippen LogP contribution in [0, 0.1) is 0 Å². The first-order valence-electron chi connectivity index (χ1n) is 5.61. The Morgan fingerprint density at radius 3 is 2.58 bits per heavy atom. The van der Waals surface area contributed by atoms with Crippen LogP contribution in [-0.4, -0.2) is 17.0 Å². The van der Waals surface area contributed by atoms with E-state index >= 15 is 0 Å². The van der Waals surface area contributed by atoms with Gasteiger partial charge in [0, 0.05) is 26.0 Å². The number of hydrogen-bond donors (Lipinski definition) is 0. The molecule has 0 aromatic carbocycles. The Balaban J connectivity index is 2.18. The summed E-state index contributed by atoms with van der Waals surface area (Å²) in [7, 11) is 1.69. The first-order chi connectivity index (χ1) is 8.97. The van der Waals surface area contributed by atoms with Gasteiger partial charge in [0.2, 0.25) is 0 Å². The van der Waals surface area contributed by atoms with Gasteiger partial charge in [-0.1, -0.05) is 12.1 Å². The van der Waals surface area contributed by atoms with Gasteiger partial charge >= 0.3 is 6.18 Å². The molecule has 2 heterocycles. The van der Waals surface area contributed by atoms with Gasteiger partial charge in [0.05, 0.1) is 0 Å². The van der Waals surface area contributed by atoms with E-state index in [1.54, 1.807) is 36.5 Å². The summed E-state index contributed by atoms with van der Waals surface area (Å²) < 4.78 is 37.7. The van der Waals surface area contributed by atoms with Gasteiger partial charge in [0.25, 0.3) is 0 Å². The van der Waals surface area contributed by atoms with E-state index < -0.39 is 11.9 Å². The number of hydrogen-bond acceptors (Lipinski definition) is 3. The molecule has 0 radical (unpaired) electrons. The van der Waals surface area contributed by atoms with E-state index in [0.717, 1.165) is 11.6 Å². The third-order valence-electron chi connectivity index (χ3n) is 2.56. The summed E-state index contributed by atoms with van der Waals surface area (Å²) in [5.74, 6) is 0.277. The van der Waals surface area contributed by atoms with Crippen molar-refractivity contribution >= 4 is 5.82 Å². The Hall–Kier alpha value is -2.11. The van der Waals surface area contributed by atoms with Gasteiger partial charge in [-0.3, -0.25) is 4.98 Å². The number of rotatable bonds is 3. The molecular formula is C13H12F3N3. The van der Waals surface area contributed by atoms with E-state index in [-0.39, 0.29) is 5.82 Å². The molecule has 19 heavy (non-hydrogen) atoms. The van der Waals surface area contributed by atoms with Crippen molar-refractivity contribution in [3.63, 3.8) is 0 Å². The fourth-order valence-electron chi connectivity index (χ4n) is 1.64. The largest absolute Gasteiger partial charge is 0.433 e. The maximum atomic E-state index is 12.6. The average molecular weight is 267 g/mol. The molecule has 3 nitrogen and oxygen atoms in total. The van der Waals surface area contributed by atoms with Crippen molar-refractivity contribution in [1.29, 1.82) is 0 Å². The molecule has 0 unspecified atom stereocenters. The fourth-order valence-corrected chi connectivity index (χ4v) is 1.64. The molecule has 6 heteroatoms. The average Bonchev–Trinajstić information content (AvgIpc) is 2.39. The molecule has 0 aliphatic rings. The van der Waals surface area contributed by atoms with Gasteiger partial charge in [-0.2, -0.15) is 13.2 Å². The van der Waals surface area contributed by atoms with Gasteiger partial charge in [0.1, 0.15) is 11.5 Å². The van der Waals surface area contributed by atoms with Crippen LogP contribution < -0.4 is 4.90 Å². The monoisotopic (exact) mass is 267 g/mol. The van der Waals surface area contributed by atoms with Crippen LogP contribution in [-0.2, 0) is 12.7 Å². The van der Waals surface area contributed by atoms with E-state index in [0.29, 0.717) is 6.54 Å². The summed E-state index contributed by atoms with van der Waals surface area (Å²) in [6, 6.07) is 7.50. The SMILES string of the molecule is CN(Cc1cccnc1)c1cccc(C(F)(F)F)n1. The van der Waals surface area contributed by atoms with Gasteiger partial charge in [-0.05, 0) is 23.8 Å². The van der Waals surface area contributed by atoms with Crippen LogP contribution >= 0.6 is 0 Å². The molecule has 2 aromatic rings. The summed E-state index contributed by atoms with van der Waals surface area (Å²) in [6.07, 6.45) is -1.11. The highest BCUT2D eigenvalue weighted by Crippen LogP contribution is 2.28. The number of aromatic nitrogens is 2. The number of halogens is 3. The third-order valence-corrected chi connectivity index (χ3v) is 2.56. The Kier molecular flexibility index (Phi) is 3.69. The van der Waals surface area contributed by atoms with Crippen LogP contribution in [0.2, 0.25) is 0 Å². The van der Waals surface area contributed by atoms with Crippen molar-refractivity contribution in [2.75, 3.05) is 11.9 Å². The molecule has 0 amide bonds. The molecule has 0 saturated carbocycles. The summed E-state index contributed by atoms with van der Waals surface area (Å²) in [6.45, 7) is 0.447. The predicted molar refractivity (Wildman–Crippen MR) is 65.6 cm³/mol. The summed E-state index contributed by atoms with van der Waals surface area (Å²) in [5, 5.41) is 0. The van der Waals surface area contributed by atoms with Crippen LogP contribution in [0.4, 0.5) is 19.0 Å².